The minimum Gasteiger partial charge on any atom is -0.381 e. The Morgan fingerprint density at radius 3 is 2.75 bits per heavy atom. The summed E-state index contributed by atoms with van der Waals surface area (Å²) in [5.41, 5.74) is -0.102. The van der Waals surface area contributed by atoms with Gasteiger partial charge in [0.25, 0.3) is 0 Å². The molecule has 0 aliphatic heterocycles. The quantitative estimate of drug-likeness (QED) is 0.616. The van der Waals surface area contributed by atoms with Crippen molar-refractivity contribution in [2.45, 2.75) is 45.4 Å². The average Bonchev–Trinajstić information content (AvgIpc) is 3.16. The molecule has 1 aromatic rings. The molecular weight excluding hydrogens is 274 g/mol. The summed E-state index contributed by atoms with van der Waals surface area (Å²) in [6.07, 6.45) is 3.65. The van der Waals surface area contributed by atoms with Crippen molar-refractivity contribution in [1.82, 2.24) is 9.97 Å². The van der Waals surface area contributed by atoms with Gasteiger partial charge in [-0.15, -0.1) is 0 Å². The summed E-state index contributed by atoms with van der Waals surface area (Å²) >= 11 is 6.04. The maximum absolute atomic E-state index is 6.04. The minimum absolute atomic E-state index is 0.102. The SMILES string of the molecule is CC(C)(C)c1nc(Cl)cc(NCCCOCC2CC2)n1. The molecule has 4 nitrogen and oxygen atoms in total. The molecule has 0 bridgehead atoms. The lowest BCUT2D eigenvalue weighted by molar-refractivity contribution is 0.124. The predicted octanol–water partition coefficient (Wildman–Crippen LogP) is 3.66. The molecular formula is C15H24ClN3O. The molecule has 0 spiro atoms. The highest BCUT2D eigenvalue weighted by molar-refractivity contribution is 6.29. The van der Waals surface area contributed by atoms with Gasteiger partial charge in [0.15, 0.2) is 0 Å². The van der Waals surface area contributed by atoms with Crippen molar-refractivity contribution < 1.29 is 4.74 Å². The molecule has 0 unspecified atom stereocenters. The highest BCUT2D eigenvalue weighted by Gasteiger charge is 2.21. The van der Waals surface area contributed by atoms with Crippen molar-refractivity contribution in [3.05, 3.63) is 17.0 Å². The van der Waals surface area contributed by atoms with E-state index < -0.39 is 0 Å². The zero-order valence-corrected chi connectivity index (χ0v) is 13.3. The smallest absolute Gasteiger partial charge is 0.137 e. The summed E-state index contributed by atoms with van der Waals surface area (Å²) in [6.45, 7) is 8.79. The molecule has 5 heteroatoms. The van der Waals surface area contributed by atoms with Gasteiger partial charge in [0.1, 0.15) is 16.8 Å². The monoisotopic (exact) mass is 297 g/mol. The highest BCUT2D eigenvalue weighted by atomic mass is 35.5. The summed E-state index contributed by atoms with van der Waals surface area (Å²) in [4.78, 5) is 8.79. The molecule has 112 valence electrons. The third kappa shape index (κ3) is 5.25. The van der Waals surface area contributed by atoms with Crippen LogP contribution >= 0.6 is 11.6 Å². The van der Waals surface area contributed by atoms with Gasteiger partial charge >= 0.3 is 0 Å². The van der Waals surface area contributed by atoms with Crippen LogP contribution in [0, 0.1) is 5.92 Å². The fourth-order valence-electron chi connectivity index (χ4n) is 1.77. The van der Waals surface area contributed by atoms with Crippen molar-refractivity contribution in [1.29, 1.82) is 0 Å². The normalized spacial score (nSPS) is 15.4. The second kappa shape index (κ2) is 6.72. The first-order valence-electron chi connectivity index (χ1n) is 7.32. The van der Waals surface area contributed by atoms with E-state index in [-0.39, 0.29) is 5.41 Å². The summed E-state index contributed by atoms with van der Waals surface area (Å²) in [7, 11) is 0. The average molecular weight is 298 g/mol. The van der Waals surface area contributed by atoms with Crippen LogP contribution < -0.4 is 5.32 Å². The zero-order valence-electron chi connectivity index (χ0n) is 12.6. The predicted molar refractivity (Wildman–Crippen MR) is 82.4 cm³/mol. The number of hydrogen-bond acceptors (Lipinski definition) is 4. The molecule has 1 N–H and O–H groups in total. The van der Waals surface area contributed by atoms with Gasteiger partial charge in [-0.1, -0.05) is 32.4 Å². The summed E-state index contributed by atoms with van der Waals surface area (Å²) in [5.74, 6) is 2.38. The topological polar surface area (TPSA) is 47.0 Å². The van der Waals surface area contributed by atoms with Gasteiger partial charge in [-0.05, 0) is 25.2 Å². The molecule has 0 atom stereocenters. The number of hydrogen-bond donors (Lipinski definition) is 1. The number of ether oxygens (including phenoxy) is 1. The Labute approximate surface area is 126 Å². The standard InChI is InChI=1S/C15H24ClN3O/c1-15(2,3)14-18-12(16)9-13(19-14)17-7-4-8-20-10-11-5-6-11/h9,11H,4-8,10H2,1-3H3,(H,17,18,19). The molecule has 1 aliphatic carbocycles. The first-order valence-corrected chi connectivity index (χ1v) is 7.69. The third-order valence-electron chi connectivity index (χ3n) is 3.19. The van der Waals surface area contributed by atoms with Crippen molar-refractivity contribution >= 4 is 17.4 Å². The van der Waals surface area contributed by atoms with Crippen molar-refractivity contribution in [2.24, 2.45) is 5.92 Å². The second-order valence-corrected chi connectivity index (χ2v) is 6.84. The molecule has 20 heavy (non-hydrogen) atoms. The Morgan fingerprint density at radius 1 is 1.35 bits per heavy atom. The molecule has 0 amide bonds. The number of aromatic nitrogens is 2. The van der Waals surface area contributed by atoms with Gasteiger partial charge in [-0.25, -0.2) is 9.97 Å². The Kier molecular flexibility index (Phi) is 5.22. The van der Waals surface area contributed by atoms with Gasteiger partial charge < -0.3 is 10.1 Å². The van der Waals surface area contributed by atoms with Crippen molar-refractivity contribution in [3.63, 3.8) is 0 Å². The van der Waals surface area contributed by atoms with E-state index in [0.717, 1.165) is 43.7 Å². The van der Waals surface area contributed by atoms with E-state index in [2.05, 4.69) is 36.1 Å². The van der Waals surface area contributed by atoms with Crippen LogP contribution in [0.2, 0.25) is 5.15 Å². The van der Waals surface area contributed by atoms with E-state index in [1.807, 2.05) is 0 Å². The molecule has 1 heterocycles. The van der Waals surface area contributed by atoms with Gasteiger partial charge in [0.05, 0.1) is 0 Å². The molecule has 0 aromatic carbocycles. The number of nitrogens with zero attached hydrogens (tertiary/aromatic N) is 2. The van der Waals surface area contributed by atoms with E-state index in [1.54, 1.807) is 6.07 Å². The van der Waals surface area contributed by atoms with Gasteiger partial charge in [-0.3, -0.25) is 0 Å². The first kappa shape index (κ1) is 15.5. The van der Waals surface area contributed by atoms with Crippen LogP contribution in [0.15, 0.2) is 6.07 Å². The van der Waals surface area contributed by atoms with Gasteiger partial charge in [0, 0.05) is 31.2 Å². The van der Waals surface area contributed by atoms with Crippen LogP contribution in [-0.2, 0) is 10.2 Å². The van der Waals surface area contributed by atoms with Gasteiger partial charge in [0.2, 0.25) is 0 Å². The fourth-order valence-corrected chi connectivity index (χ4v) is 1.95. The van der Waals surface area contributed by atoms with E-state index in [0.29, 0.717) is 5.15 Å². The minimum atomic E-state index is -0.102. The number of halogens is 1. The molecule has 2 rings (SSSR count). The molecule has 1 aliphatic rings. The van der Waals surface area contributed by atoms with Crippen LogP contribution in [0.25, 0.3) is 0 Å². The van der Waals surface area contributed by atoms with Crippen LogP contribution in [0.3, 0.4) is 0 Å². The zero-order chi connectivity index (χ0) is 14.6. The maximum Gasteiger partial charge on any atom is 0.137 e. The third-order valence-corrected chi connectivity index (χ3v) is 3.38. The number of nitrogens with one attached hydrogen (secondary N) is 1. The van der Waals surface area contributed by atoms with E-state index in [9.17, 15) is 0 Å². The Bertz CT molecular complexity index is 441. The summed E-state index contributed by atoms with van der Waals surface area (Å²) in [5, 5.41) is 3.77. The molecule has 0 radical (unpaired) electrons. The second-order valence-electron chi connectivity index (χ2n) is 6.45. The molecule has 1 aromatic heterocycles. The lowest BCUT2D eigenvalue weighted by atomic mass is 9.96. The summed E-state index contributed by atoms with van der Waals surface area (Å²) in [6, 6.07) is 1.77. The van der Waals surface area contributed by atoms with Crippen LogP contribution in [0.1, 0.15) is 45.9 Å². The van der Waals surface area contributed by atoms with Crippen molar-refractivity contribution in [3.8, 4) is 0 Å². The summed E-state index contributed by atoms with van der Waals surface area (Å²) < 4.78 is 5.60. The van der Waals surface area contributed by atoms with E-state index in [4.69, 9.17) is 16.3 Å². The van der Waals surface area contributed by atoms with Crippen LogP contribution in [-0.4, -0.2) is 29.7 Å². The number of rotatable bonds is 7. The van der Waals surface area contributed by atoms with Crippen molar-refractivity contribution in [2.75, 3.05) is 25.1 Å². The van der Waals surface area contributed by atoms with Crippen LogP contribution in [0.4, 0.5) is 5.82 Å². The first-order chi connectivity index (χ1) is 9.45. The lowest BCUT2D eigenvalue weighted by Gasteiger charge is -2.17. The fraction of sp³-hybridized carbons (Fsp3) is 0.733. The molecule has 1 fully saturated rings. The molecule has 0 saturated heterocycles. The van der Waals surface area contributed by atoms with Crippen LogP contribution in [0.5, 0.6) is 0 Å². The van der Waals surface area contributed by atoms with E-state index >= 15 is 0 Å². The van der Waals surface area contributed by atoms with E-state index in [1.165, 1.54) is 12.8 Å². The Morgan fingerprint density at radius 2 is 2.10 bits per heavy atom. The number of anilines is 1. The maximum atomic E-state index is 6.04. The lowest BCUT2D eigenvalue weighted by Crippen LogP contribution is -2.17. The van der Waals surface area contributed by atoms with Gasteiger partial charge in [-0.2, -0.15) is 0 Å². The Balaban J connectivity index is 1.75. The Hall–Kier alpha value is -0.870. The highest BCUT2D eigenvalue weighted by Crippen LogP contribution is 2.28. The molecule has 1 saturated carbocycles. The largest absolute Gasteiger partial charge is 0.381 e.